The van der Waals surface area contributed by atoms with Gasteiger partial charge in [0.2, 0.25) is 5.91 Å². The van der Waals surface area contributed by atoms with Crippen LogP contribution in [0.4, 0.5) is 0 Å². The van der Waals surface area contributed by atoms with Crippen LogP contribution >= 0.6 is 0 Å². The van der Waals surface area contributed by atoms with Crippen LogP contribution in [0.25, 0.3) is 0 Å². The maximum absolute atomic E-state index is 12.5. The highest BCUT2D eigenvalue weighted by molar-refractivity contribution is 7.85. The van der Waals surface area contributed by atoms with Crippen LogP contribution in [0.5, 0.6) is 0 Å². The fourth-order valence-corrected chi connectivity index (χ4v) is 5.91. The molecular weight excluding hydrogens is 598 g/mol. The molecule has 0 fully saturated rings. The van der Waals surface area contributed by atoms with Gasteiger partial charge in [-0.2, -0.15) is 8.42 Å². The molecule has 3 unspecified atom stereocenters. The molecule has 7 nitrogen and oxygen atoms in total. The normalized spacial score (nSPS) is 14.6. The Hall–Kier alpha value is -1.74. The quantitative estimate of drug-likeness (QED) is 0.0322. The van der Waals surface area contributed by atoms with Crippen LogP contribution < -0.4 is 5.32 Å². The first kappa shape index (κ1) is 44.3. The summed E-state index contributed by atoms with van der Waals surface area (Å²) in [4.78, 5) is 12.5. The number of aliphatic hydroxyl groups excluding tert-OH is 2. The number of hydrogen-bond donors (Lipinski definition) is 4. The number of amides is 1. The molecule has 0 heterocycles. The lowest BCUT2D eigenvalue weighted by molar-refractivity contribution is -0.130. The van der Waals surface area contributed by atoms with Crippen LogP contribution in [0, 0.1) is 0 Å². The zero-order chi connectivity index (χ0) is 34.1. The molecule has 0 aliphatic heterocycles. The Bertz CT molecular complexity index is 927. The van der Waals surface area contributed by atoms with Crippen molar-refractivity contribution in [3.8, 4) is 0 Å². The fraction of sp³-hybridized carbons (Fsp3) is 0.763. The van der Waals surface area contributed by atoms with Gasteiger partial charge >= 0.3 is 0 Å². The van der Waals surface area contributed by atoms with E-state index in [0.29, 0.717) is 12.8 Å². The number of rotatable bonds is 32. The predicted octanol–water partition coefficient (Wildman–Crippen LogP) is 9.32. The molecule has 4 N–H and O–H groups in total. The number of aliphatic hydroxyl groups is 2. The first-order valence-electron chi connectivity index (χ1n) is 18.4. The summed E-state index contributed by atoms with van der Waals surface area (Å²) in [5.41, 5.74) is 0. The first-order chi connectivity index (χ1) is 22.2. The van der Waals surface area contributed by atoms with Gasteiger partial charge < -0.3 is 15.5 Å². The maximum Gasteiger partial charge on any atom is 0.267 e. The summed E-state index contributed by atoms with van der Waals surface area (Å²) in [6.45, 7) is 4.43. The van der Waals surface area contributed by atoms with Gasteiger partial charge in [-0.25, -0.2) is 0 Å². The second kappa shape index (κ2) is 31.8. The summed E-state index contributed by atoms with van der Waals surface area (Å²) < 4.78 is 32.3. The van der Waals surface area contributed by atoms with Gasteiger partial charge in [0.15, 0.2) is 0 Å². The van der Waals surface area contributed by atoms with Gasteiger partial charge in [-0.15, -0.1) is 0 Å². The third-order valence-corrected chi connectivity index (χ3v) is 8.84. The van der Waals surface area contributed by atoms with Crippen LogP contribution in [0.2, 0.25) is 0 Å². The number of unbranched alkanes of at least 4 members (excludes halogenated alkanes) is 17. The van der Waals surface area contributed by atoms with E-state index < -0.39 is 40.0 Å². The number of hydrogen-bond acceptors (Lipinski definition) is 5. The van der Waals surface area contributed by atoms with Crippen LogP contribution in [0.3, 0.4) is 0 Å². The summed E-state index contributed by atoms with van der Waals surface area (Å²) in [5.74, 6) is -1.58. The van der Waals surface area contributed by atoms with Gasteiger partial charge in [0.05, 0.1) is 17.9 Å². The van der Waals surface area contributed by atoms with Crippen LogP contribution in [0.1, 0.15) is 162 Å². The van der Waals surface area contributed by atoms with Gasteiger partial charge in [0, 0.05) is 0 Å². The number of carbonyl (C=O) groups excluding carboxylic acids is 1. The van der Waals surface area contributed by atoms with E-state index in [-0.39, 0.29) is 6.42 Å². The van der Waals surface area contributed by atoms with Gasteiger partial charge in [-0.05, 0) is 64.2 Å². The standard InChI is InChI=1S/C38H69NO6S/c1-3-5-7-9-11-13-15-16-17-18-19-20-21-22-23-25-26-28-30-32-36(40)35(34-46(43,44)45)39-38(42)37(41)33-31-29-27-24-14-12-10-8-6-4-2/h10,12,19-20,23,25,30,32,35-37,40-41H,3-9,11,13-18,21-22,24,26-29,31,33-34H2,1-2H3,(H,39,42)(H,43,44,45)/b12-10-,20-19+,25-23+,32-30+. The summed E-state index contributed by atoms with van der Waals surface area (Å²) in [6.07, 6.45) is 38.9. The molecule has 3 atom stereocenters. The predicted molar refractivity (Wildman–Crippen MR) is 194 cm³/mol. The Labute approximate surface area is 282 Å². The van der Waals surface area contributed by atoms with E-state index in [4.69, 9.17) is 0 Å². The lowest BCUT2D eigenvalue weighted by atomic mass is 10.1. The lowest BCUT2D eigenvalue weighted by Gasteiger charge is -2.22. The van der Waals surface area contributed by atoms with Crippen molar-refractivity contribution < 1.29 is 28.0 Å². The molecule has 46 heavy (non-hydrogen) atoms. The van der Waals surface area contributed by atoms with Crippen molar-refractivity contribution in [1.29, 1.82) is 0 Å². The van der Waals surface area contributed by atoms with Gasteiger partial charge in [0.25, 0.3) is 10.1 Å². The zero-order valence-corrected chi connectivity index (χ0v) is 30.1. The van der Waals surface area contributed by atoms with E-state index in [2.05, 4.69) is 55.6 Å². The molecule has 1 amide bonds. The molecule has 0 rings (SSSR count). The van der Waals surface area contributed by atoms with Crippen LogP contribution in [0.15, 0.2) is 48.6 Å². The molecule has 268 valence electrons. The van der Waals surface area contributed by atoms with Crippen LogP contribution in [-0.2, 0) is 14.9 Å². The molecule has 0 spiro atoms. The lowest BCUT2D eigenvalue weighted by Crippen LogP contribution is -2.50. The molecular formula is C38H69NO6S. The SMILES string of the molecule is CCCC/C=C\CCCCCCC(O)C(=O)NC(CS(=O)(=O)O)C(O)/C=C/CC/C=C/CC/C=C/CCCCCCCCCCC. The molecule has 0 bridgehead atoms. The number of allylic oxidation sites excluding steroid dienone is 7. The van der Waals surface area contributed by atoms with E-state index in [0.717, 1.165) is 57.8 Å². The smallest absolute Gasteiger partial charge is 0.267 e. The fourth-order valence-electron chi connectivity index (χ4n) is 5.17. The third kappa shape index (κ3) is 30.9. The van der Waals surface area contributed by atoms with E-state index in [1.165, 1.54) is 76.7 Å². The highest BCUT2D eigenvalue weighted by Gasteiger charge is 2.27. The first-order valence-corrected chi connectivity index (χ1v) is 20.1. The zero-order valence-electron chi connectivity index (χ0n) is 29.3. The average Bonchev–Trinajstić information content (AvgIpc) is 3.01. The number of nitrogens with one attached hydrogen (secondary N) is 1. The molecule has 0 aromatic heterocycles. The minimum absolute atomic E-state index is 0.254. The molecule has 0 aliphatic carbocycles. The highest BCUT2D eigenvalue weighted by Crippen LogP contribution is 2.12. The van der Waals surface area contributed by atoms with Crippen molar-refractivity contribution >= 4 is 16.0 Å². The van der Waals surface area contributed by atoms with Crippen molar-refractivity contribution in [2.24, 2.45) is 0 Å². The van der Waals surface area contributed by atoms with Crippen molar-refractivity contribution in [3.63, 3.8) is 0 Å². The molecule has 8 heteroatoms. The Morgan fingerprint density at radius 2 is 1.00 bits per heavy atom. The van der Waals surface area contributed by atoms with Gasteiger partial charge in [0.1, 0.15) is 6.10 Å². The van der Waals surface area contributed by atoms with Crippen molar-refractivity contribution in [2.45, 2.75) is 180 Å². The van der Waals surface area contributed by atoms with Crippen molar-refractivity contribution in [2.75, 3.05) is 5.75 Å². The monoisotopic (exact) mass is 667 g/mol. The molecule has 0 aromatic rings. The average molecular weight is 668 g/mol. The van der Waals surface area contributed by atoms with Crippen LogP contribution in [-0.4, -0.2) is 53.1 Å². The van der Waals surface area contributed by atoms with Gasteiger partial charge in [-0.3, -0.25) is 9.35 Å². The molecule has 0 saturated heterocycles. The van der Waals surface area contributed by atoms with E-state index in [9.17, 15) is 28.0 Å². The second-order valence-corrected chi connectivity index (χ2v) is 14.1. The molecule has 0 aliphatic rings. The molecule has 0 radical (unpaired) electrons. The highest BCUT2D eigenvalue weighted by atomic mass is 32.2. The van der Waals surface area contributed by atoms with Crippen molar-refractivity contribution in [1.82, 2.24) is 5.32 Å². The Kier molecular flexibility index (Phi) is 30.6. The van der Waals surface area contributed by atoms with E-state index in [1.54, 1.807) is 6.08 Å². The Morgan fingerprint density at radius 1 is 0.587 bits per heavy atom. The Morgan fingerprint density at radius 3 is 1.50 bits per heavy atom. The second-order valence-electron chi connectivity index (χ2n) is 12.6. The molecule has 0 saturated carbocycles. The minimum Gasteiger partial charge on any atom is -0.387 e. The van der Waals surface area contributed by atoms with E-state index >= 15 is 0 Å². The van der Waals surface area contributed by atoms with Crippen molar-refractivity contribution in [3.05, 3.63) is 48.6 Å². The summed E-state index contributed by atoms with van der Waals surface area (Å²) in [5, 5.41) is 23.2. The third-order valence-electron chi connectivity index (χ3n) is 8.06. The van der Waals surface area contributed by atoms with E-state index in [1.807, 2.05) is 0 Å². The summed E-state index contributed by atoms with van der Waals surface area (Å²) >= 11 is 0. The summed E-state index contributed by atoms with van der Waals surface area (Å²) in [7, 11) is -4.45. The largest absolute Gasteiger partial charge is 0.387 e. The number of carbonyl (C=O) groups is 1. The Balaban J connectivity index is 4.20. The topological polar surface area (TPSA) is 124 Å². The molecule has 0 aromatic carbocycles. The minimum atomic E-state index is -4.45. The maximum atomic E-state index is 12.5. The van der Waals surface area contributed by atoms with Gasteiger partial charge in [-0.1, -0.05) is 146 Å². The summed E-state index contributed by atoms with van der Waals surface area (Å²) in [6, 6.07) is -1.26.